The fourth-order valence-corrected chi connectivity index (χ4v) is 2.44. The molecule has 2 rings (SSSR count). The van der Waals surface area contributed by atoms with Crippen molar-refractivity contribution in [2.75, 3.05) is 5.32 Å². The topological polar surface area (TPSA) is 49.3 Å². The van der Waals surface area contributed by atoms with Gasteiger partial charge in [0.1, 0.15) is 5.75 Å². The molecule has 0 radical (unpaired) electrons. The van der Waals surface area contributed by atoms with Crippen LogP contribution in [0.4, 0.5) is 5.69 Å². The molecule has 1 aromatic heterocycles. The number of amides is 1. The fourth-order valence-electron chi connectivity index (χ4n) is 1.36. The van der Waals surface area contributed by atoms with Gasteiger partial charge in [-0.3, -0.25) is 4.79 Å². The molecule has 0 aliphatic rings. The highest BCUT2D eigenvalue weighted by atomic mass is 79.9. The van der Waals surface area contributed by atoms with Gasteiger partial charge in [-0.15, -0.1) is 11.3 Å². The minimum absolute atomic E-state index is 0.0648. The third-order valence-corrected chi connectivity index (χ3v) is 3.66. The molecule has 0 saturated heterocycles. The molecular formula is C12H10BrNO2S. The molecule has 3 nitrogen and oxygen atoms in total. The van der Waals surface area contributed by atoms with Crippen LogP contribution in [0.5, 0.6) is 5.75 Å². The summed E-state index contributed by atoms with van der Waals surface area (Å²) in [6.45, 7) is 0. The summed E-state index contributed by atoms with van der Waals surface area (Å²) in [6, 6.07) is 8.71. The Bertz CT molecular complexity index is 525. The molecule has 1 aromatic carbocycles. The number of halogens is 1. The molecule has 2 N–H and O–H groups in total. The van der Waals surface area contributed by atoms with E-state index in [1.54, 1.807) is 23.5 Å². The van der Waals surface area contributed by atoms with E-state index in [1.165, 1.54) is 6.07 Å². The number of rotatable bonds is 3. The van der Waals surface area contributed by atoms with E-state index in [4.69, 9.17) is 0 Å². The van der Waals surface area contributed by atoms with Crippen molar-refractivity contribution in [3.63, 3.8) is 0 Å². The van der Waals surface area contributed by atoms with Gasteiger partial charge in [0.2, 0.25) is 5.91 Å². The Balaban J connectivity index is 2.00. The molecule has 0 bridgehead atoms. The molecule has 5 heteroatoms. The van der Waals surface area contributed by atoms with Crippen LogP contribution < -0.4 is 5.32 Å². The maximum Gasteiger partial charge on any atom is 0.229 e. The second-order valence-electron chi connectivity index (χ2n) is 3.47. The Morgan fingerprint density at radius 3 is 2.88 bits per heavy atom. The van der Waals surface area contributed by atoms with Gasteiger partial charge < -0.3 is 10.4 Å². The molecular weight excluding hydrogens is 302 g/mol. The van der Waals surface area contributed by atoms with Crippen molar-refractivity contribution in [1.82, 2.24) is 0 Å². The van der Waals surface area contributed by atoms with Crippen LogP contribution in [-0.2, 0) is 11.2 Å². The molecule has 0 spiro atoms. The molecule has 0 saturated carbocycles. The summed E-state index contributed by atoms with van der Waals surface area (Å²) in [5.41, 5.74) is 0.663. The minimum atomic E-state index is -0.0648. The maximum atomic E-state index is 11.7. The first-order valence-corrected chi connectivity index (χ1v) is 6.63. The number of hydrogen-bond acceptors (Lipinski definition) is 3. The van der Waals surface area contributed by atoms with Crippen LogP contribution in [0, 0.1) is 0 Å². The van der Waals surface area contributed by atoms with Gasteiger partial charge in [-0.25, -0.2) is 0 Å². The average Bonchev–Trinajstić information content (AvgIpc) is 2.76. The largest absolute Gasteiger partial charge is 0.507 e. The summed E-state index contributed by atoms with van der Waals surface area (Å²) in [7, 11) is 0. The molecule has 17 heavy (non-hydrogen) atoms. The number of anilines is 1. The van der Waals surface area contributed by atoms with Crippen molar-refractivity contribution >= 4 is 38.9 Å². The number of benzene rings is 1. The highest BCUT2D eigenvalue weighted by Gasteiger charge is 2.06. The van der Waals surface area contributed by atoms with Crippen molar-refractivity contribution in [2.45, 2.75) is 6.42 Å². The fraction of sp³-hybridized carbons (Fsp3) is 0.0833. The van der Waals surface area contributed by atoms with Gasteiger partial charge >= 0.3 is 0 Å². The molecule has 0 aliphatic heterocycles. The Hall–Kier alpha value is -1.33. The quantitative estimate of drug-likeness (QED) is 0.854. The Morgan fingerprint density at radius 2 is 2.24 bits per heavy atom. The van der Waals surface area contributed by atoms with Crippen molar-refractivity contribution in [3.8, 4) is 5.75 Å². The summed E-state index contributed by atoms with van der Waals surface area (Å²) in [6.07, 6.45) is 0.371. The highest BCUT2D eigenvalue weighted by Crippen LogP contribution is 2.26. The zero-order chi connectivity index (χ0) is 12.3. The number of carbonyl (C=O) groups excluding carboxylic acids is 1. The number of phenols is 1. The van der Waals surface area contributed by atoms with Crippen molar-refractivity contribution in [1.29, 1.82) is 0 Å². The smallest absolute Gasteiger partial charge is 0.229 e. The zero-order valence-electron chi connectivity index (χ0n) is 8.81. The van der Waals surface area contributed by atoms with E-state index < -0.39 is 0 Å². The Labute approximate surface area is 111 Å². The maximum absolute atomic E-state index is 11.7. The lowest BCUT2D eigenvalue weighted by molar-refractivity contribution is -0.115. The Morgan fingerprint density at radius 1 is 1.41 bits per heavy atom. The lowest BCUT2D eigenvalue weighted by atomic mass is 10.3. The molecule has 1 heterocycles. The number of carbonyl (C=O) groups is 1. The zero-order valence-corrected chi connectivity index (χ0v) is 11.2. The van der Waals surface area contributed by atoms with Gasteiger partial charge in [-0.05, 0) is 45.6 Å². The van der Waals surface area contributed by atoms with Crippen molar-refractivity contribution in [2.24, 2.45) is 0 Å². The van der Waals surface area contributed by atoms with Crippen LogP contribution in [0.1, 0.15) is 4.88 Å². The third-order valence-electron chi connectivity index (χ3n) is 2.15. The Kier molecular flexibility index (Phi) is 3.81. The van der Waals surface area contributed by atoms with E-state index >= 15 is 0 Å². The first kappa shape index (κ1) is 12.1. The SMILES string of the molecule is O=C(Cc1cccs1)Nc1ccc(O)c(Br)c1. The summed E-state index contributed by atoms with van der Waals surface area (Å²) >= 11 is 4.75. The monoisotopic (exact) mass is 311 g/mol. The van der Waals surface area contributed by atoms with Crippen LogP contribution in [0.2, 0.25) is 0 Å². The number of nitrogens with one attached hydrogen (secondary N) is 1. The van der Waals surface area contributed by atoms with Crippen molar-refractivity contribution < 1.29 is 9.90 Å². The number of hydrogen-bond donors (Lipinski definition) is 2. The van der Waals surface area contributed by atoms with E-state index in [-0.39, 0.29) is 11.7 Å². The lowest BCUT2D eigenvalue weighted by Crippen LogP contribution is -2.13. The standard InChI is InChI=1S/C12H10BrNO2S/c13-10-6-8(3-4-11(10)15)14-12(16)7-9-2-1-5-17-9/h1-6,15H,7H2,(H,14,16). The van der Waals surface area contributed by atoms with Crippen molar-refractivity contribution in [3.05, 3.63) is 45.1 Å². The molecule has 1 amide bonds. The van der Waals surface area contributed by atoms with Crippen LogP contribution in [0.25, 0.3) is 0 Å². The lowest BCUT2D eigenvalue weighted by Gasteiger charge is -2.05. The van der Waals surface area contributed by atoms with Crippen LogP contribution in [0.15, 0.2) is 40.2 Å². The molecule has 88 valence electrons. The summed E-state index contributed by atoms with van der Waals surface area (Å²) in [4.78, 5) is 12.7. The van der Waals surface area contributed by atoms with Crippen LogP contribution >= 0.6 is 27.3 Å². The molecule has 0 aliphatic carbocycles. The molecule has 0 fully saturated rings. The van der Waals surface area contributed by atoms with Gasteiger partial charge in [0.25, 0.3) is 0 Å². The van der Waals surface area contributed by atoms with Gasteiger partial charge in [0.15, 0.2) is 0 Å². The predicted octanol–water partition coefficient (Wildman–Crippen LogP) is 3.40. The van der Waals surface area contributed by atoms with E-state index in [0.29, 0.717) is 16.6 Å². The second kappa shape index (κ2) is 5.33. The van der Waals surface area contributed by atoms with E-state index in [2.05, 4.69) is 21.2 Å². The summed E-state index contributed by atoms with van der Waals surface area (Å²) < 4.78 is 0.562. The molecule has 0 unspecified atom stereocenters. The highest BCUT2D eigenvalue weighted by molar-refractivity contribution is 9.10. The number of phenolic OH excluding ortho intramolecular Hbond substituents is 1. The summed E-state index contributed by atoms with van der Waals surface area (Å²) in [5.74, 6) is 0.0892. The van der Waals surface area contributed by atoms with Gasteiger partial charge in [0, 0.05) is 10.6 Å². The van der Waals surface area contributed by atoms with E-state index in [1.807, 2.05) is 17.5 Å². The van der Waals surface area contributed by atoms with Crippen LogP contribution in [0.3, 0.4) is 0 Å². The second-order valence-corrected chi connectivity index (χ2v) is 5.36. The van der Waals surface area contributed by atoms with Gasteiger partial charge in [0.05, 0.1) is 10.9 Å². The number of thiophene rings is 1. The first-order chi connectivity index (χ1) is 8.15. The van der Waals surface area contributed by atoms with Gasteiger partial charge in [-0.2, -0.15) is 0 Å². The first-order valence-electron chi connectivity index (χ1n) is 4.96. The third kappa shape index (κ3) is 3.31. The minimum Gasteiger partial charge on any atom is -0.507 e. The normalized spacial score (nSPS) is 10.2. The molecule has 2 aromatic rings. The van der Waals surface area contributed by atoms with E-state index in [0.717, 1.165) is 4.88 Å². The molecule has 0 atom stereocenters. The van der Waals surface area contributed by atoms with Crippen LogP contribution in [-0.4, -0.2) is 11.0 Å². The van der Waals surface area contributed by atoms with Gasteiger partial charge in [-0.1, -0.05) is 6.07 Å². The van der Waals surface area contributed by atoms with E-state index in [9.17, 15) is 9.90 Å². The number of aromatic hydroxyl groups is 1. The predicted molar refractivity (Wildman–Crippen MR) is 72.5 cm³/mol. The summed E-state index contributed by atoms with van der Waals surface area (Å²) in [5, 5.41) is 14.0. The average molecular weight is 312 g/mol.